The molecule has 0 aliphatic carbocycles. The molecule has 0 unspecified atom stereocenters. The Morgan fingerprint density at radius 2 is 1.96 bits per heavy atom. The molecule has 0 saturated heterocycles. The molecule has 0 aliphatic heterocycles. The van der Waals surface area contributed by atoms with Crippen LogP contribution in [0, 0.1) is 0 Å². The summed E-state index contributed by atoms with van der Waals surface area (Å²) in [6, 6.07) is 10.4. The van der Waals surface area contributed by atoms with E-state index in [1.165, 1.54) is 6.26 Å². The summed E-state index contributed by atoms with van der Waals surface area (Å²) >= 11 is 3.34. The van der Waals surface area contributed by atoms with Gasteiger partial charge in [0.1, 0.15) is 5.76 Å². The maximum absolute atomic E-state index is 12.1. The Bertz CT molecular complexity index is 856. The van der Waals surface area contributed by atoms with Gasteiger partial charge in [-0.1, -0.05) is 0 Å². The Kier molecular flexibility index (Phi) is 5.30. The number of benzene rings is 1. The van der Waals surface area contributed by atoms with Crippen molar-refractivity contribution in [3.05, 3.63) is 70.9 Å². The second-order valence-corrected chi connectivity index (χ2v) is 6.10. The zero-order valence-electron chi connectivity index (χ0n) is 13.1. The molecule has 0 aliphatic rings. The summed E-state index contributed by atoms with van der Waals surface area (Å²) in [5.41, 5.74) is 1.30. The van der Waals surface area contributed by atoms with Crippen LogP contribution < -0.4 is 10.6 Å². The third-order valence-electron chi connectivity index (χ3n) is 3.39. The lowest BCUT2D eigenvalue weighted by Gasteiger charge is -2.07. The van der Waals surface area contributed by atoms with Crippen LogP contribution in [0.3, 0.4) is 0 Å². The fraction of sp³-hybridized carbons (Fsp3) is 0.118. The number of nitrogens with one attached hydrogen (secondary N) is 2. The van der Waals surface area contributed by atoms with Crippen molar-refractivity contribution in [2.45, 2.75) is 6.54 Å². The molecule has 0 radical (unpaired) electrons. The minimum absolute atomic E-state index is 0.104. The number of nitrogens with zero attached hydrogens (tertiary/aromatic N) is 2. The predicted octanol–water partition coefficient (Wildman–Crippen LogP) is 2.27. The van der Waals surface area contributed by atoms with E-state index in [1.807, 2.05) is 6.20 Å². The highest BCUT2D eigenvalue weighted by molar-refractivity contribution is 9.10. The summed E-state index contributed by atoms with van der Waals surface area (Å²) in [7, 11) is 0. The number of aromatic nitrogens is 2. The zero-order valence-corrected chi connectivity index (χ0v) is 14.7. The first-order valence-corrected chi connectivity index (χ1v) is 8.29. The van der Waals surface area contributed by atoms with E-state index in [4.69, 9.17) is 4.42 Å². The molecule has 8 heteroatoms. The normalized spacial score (nSPS) is 10.4. The lowest BCUT2D eigenvalue weighted by molar-refractivity contribution is -0.120. The zero-order chi connectivity index (χ0) is 17.6. The standard InChI is InChI=1S/C17H15BrN4O3/c18-13-8-21-22(11-13)14-5-3-12(4-6-14)17(24)20-10-16(23)19-9-15-2-1-7-25-15/h1-8,11H,9-10H2,(H,19,23)(H,20,24). The van der Waals surface area contributed by atoms with Crippen LogP contribution >= 0.6 is 15.9 Å². The van der Waals surface area contributed by atoms with Gasteiger partial charge in [0.15, 0.2) is 0 Å². The van der Waals surface area contributed by atoms with Crippen molar-refractivity contribution in [1.82, 2.24) is 20.4 Å². The van der Waals surface area contributed by atoms with Gasteiger partial charge in [-0.25, -0.2) is 4.68 Å². The number of hydrogen-bond donors (Lipinski definition) is 2. The number of carbonyl (C=O) groups is 2. The lowest BCUT2D eigenvalue weighted by Crippen LogP contribution is -2.36. The minimum Gasteiger partial charge on any atom is -0.467 e. The molecule has 0 bridgehead atoms. The smallest absolute Gasteiger partial charge is 0.251 e. The average molecular weight is 403 g/mol. The summed E-state index contributed by atoms with van der Waals surface area (Å²) in [5.74, 6) is 0.0460. The molecule has 0 atom stereocenters. The largest absolute Gasteiger partial charge is 0.467 e. The number of halogens is 1. The number of furan rings is 1. The van der Waals surface area contributed by atoms with E-state index in [0.29, 0.717) is 11.3 Å². The molecule has 0 saturated carbocycles. The SMILES string of the molecule is O=C(CNC(=O)c1ccc(-n2cc(Br)cn2)cc1)NCc1ccco1. The van der Waals surface area contributed by atoms with Crippen molar-refractivity contribution in [3.63, 3.8) is 0 Å². The quantitative estimate of drug-likeness (QED) is 0.661. The van der Waals surface area contributed by atoms with E-state index in [1.54, 1.807) is 47.3 Å². The molecule has 3 rings (SSSR count). The fourth-order valence-electron chi connectivity index (χ4n) is 2.13. The van der Waals surface area contributed by atoms with Crippen LogP contribution in [0.1, 0.15) is 16.1 Å². The van der Waals surface area contributed by atoms with E-state index in [-0.39, 0.29) is 24.9 Å². The molecule has 0 spiro atoms. The average Bonchev–Trinajstić information content (AvgIpc) is 3.29. The molecule has 25 heavy (non-hydrogen) atoms. The minimum atomic E-state index is -0.318. The van der Waals surface area contributed by atoms with Crippen molar-refractivity contribution < 1.29 is 14.0 Å². The summed E-state index contributed by atoms with van der Waals surface area (Å²) in [6.07, 6.45) is 5.04. The number of rotatable bonds is 6. The third kappa shape index (κ3) is 4.57. The van der Waals surface area contributed by atoms with Gasteiger partial charge in [-0.05, 0) is 52.3 Å². The van der Waals surface area contributed by atoms with Crippen LogP contribution in [0.15, 0.2) is 63.9 Å². The summed E-state index contributed by atoms with van der Waals surface area (Å²) in [4.78, 5) is 23.8. The van der Waals surface area contributed by atoms with Crippen molar-refractivity contribution in [2.24, 2.45) is 0 Å². The van der Waals surface area contributed by atoms with E-state index in [9.17, 15) is 9.59 Å². The summed E-state index contributed by atoms with van der Waals surface area (Å²) < 4.78 is 7.67. The van der Waals surface area contributed by atoms with Crippen LogP contribution in [0.25, 0.3) is 5.69 Å². The molecular formula is C17H15BrN4O3. The maximum atomic E-state index is 12.1. The second-order valence-electron chi connectivity index (χ2n) is 5.19. The van der Waals surface area contributed by atoms with Gasteiger partial charge in [0, 0.05) is 11.8 Å². The molecule has 128 valence electrons. The lowest BCUT2D eigenvalue weighted by atomic mass is 10.2. The first-order chi connectivity index (χ1) is 12.1. The monoisotopic (exact) mass is 402 g/mol. The first kappa shape index (κ1) is 17.0. The fourth-order valence-corrected chi connectivity index (χ4v) is 2.42. The highest BCUT2D eigenvalue weighted by atomic mass is 79.9. The van der Waals surface area contributed by atoms with Crippen LogP contribution in [0.4, 0.5) is 0 Å². The van der Waals surface area contributed by atoms with Crippen LogP contribution in [0.2, 0.25) is 0 Å². The van der Waals surface area contributed by atoms with Crippen molar-refractivity contribution in [3.8, 4) is 5.69 Å². The van der Waals surface area contributed by atoms with Gasteiger partial charge in [-0.15, -0.1) is 0 Å². The van der Waals surface area contributed by atoms with Gasteiger partial charge < -0.3 is 15.1 Å². The molecule has 3 aromatic rings. The second kappa shape index (κ2) is 7.80. The highest BCUT2D eigenvalue weighted by Crippen LogP contribution is 2.13. The van der Waals surface area contributed by atoms with Gasteiger partial charge in [0.25, 0.3) is 5.91 Å². The Morgan fingerprint density at radius 1 is 1.16 bits per heavy atom. The first-order valence-electron chi connectivity index (χ1n) is 7.50. The van der Waals surface area contributed by atoms with Crippen LogP contribution in [0.5, 0.6) is 0 Å². The van der Waals surface area contributed by atoms with Crippen molar-refractivity contribution >= 4 is 27.7 Å². The molecule has 0 fully saturated rings. The number of carbonyl (C=O) groups excluding carboxylic acids is 2. The predicted molar refractivity (Wildman–Crippen MR) is 94.2 cm³/mol. The van der Waals surface area contributed by atoms with E-state index >= 15 is 0 Å². The molecule has 2 heterocycles. The number of amides is 2. The maximum Gasteiger partial charge on any atom is 0.251 e. The molecular weight excluding hydrogens is 388 g/mol. The van der Waals surface area contributed by atoms with Crippen LogP contribution in [-0.4, -0.2) is 28.1 Å². The third-order valence-corrected chi connectivity index (χ3v) is 3.80. The van der Waals surface area contributed by atoms with Gasteiger partial charge in [-0.3, -0.25) is 9.59 Å². The Morgan fingerprint density at radius 3 is 2.60 bits per heavy atom. The Hall–Kier alpha value is -2.87. The van der Waals surface area contributed by atoms with Gasteiger partial charge in [-0.2, -0.15) is 5.10 Å². The van der Waals surface area contributed by atoms with Crippen molar-refractivity contribution in [1.29, 1.82) is 0 Å². The topological polar surface area (TPSA) is 89.2 Å². The van der Waals surface area contributed by atoms with Gasteiger partial charge in [0.05, 0.1) is 35.7 Å². The molecule has 7 nitrogen and oxygen atoms in total. The number of hydrogen-bond acceptors (Lipinski definition) is 4. The summed E-state index contributed by atoms with van der Waals surface area (Å²) in [6.45, 7) is 0.184. The van der Waals surface area contributed by atoms with E-state index in [0.717, 1.165) is 10.2 Å². The molecule has 2 N–H and O–H groups in total. The summed E-state index contributed by atoms with van der Waals surface area (Å²) in [5, 5.41) is 9.41. The molecule has 2 amide bonds. The highest BCUT2D eigenvalue weighted by Gasteiger charge is 2.09. The molecule has 1 aromatic carbocycles. The van der Waals surface area contributed by atoms with Gasteiger partial charge in [0.2, 0.25) is 5.91 Å². The Labute approximate surface area is 152 Å². The van der Waals surface area contributed by atoms with E-state index < -0.39 is 0 Å². The molecule has 2 aromatic heterocycles. The Balaban J connectivity index is 1.50. The van der Waals surface area contributed by atoms with E-state index in [2.05, 4.69) is 31.7 Å². The van der Waals surface area contributed by atoms with Crippen molar-refractivity contribution in [2.75, 3.05) is 6.54 Å². The van der Waals surface area contributed by atoms with Gasteiger partial charge >= 0.3 is 0 Å². The van der Waals surface area contributed by atoms with Crippen LogP contribution in [-0.2, 0) is 11.3 Å².